The van der Waals surface area contributed by atoms with Gasteiger partial charge in [-0.2, -0.15) is 0 Å². The van der Waals surface area contributed by atoms with Gasteiger partial charge in [0.15, 0.2) is 5.06 Å². The summed E-state index contributed by atoms with van der Waals surface area (Å²) in [5, 5.41) is 4.20. The molecule has 1 amide bonds. The van der Waals surface area contributed by atoms with Gasteiger partial charge in [-0.3, -0.25) is 9.69 Å². The Morgan fingerprint density at radius 2 is 1.88 bits per heavy atom. The van der Waals surface area contributed by atoms with Crippen molar-refractivity contribution in [2.45, 2.75) is 31.8 Å². The summed E-state index contributed by atoms with van der Waals surface area (Å²) in [5.74, 6) is 0.704. The molecule has 0 aromatic carbocycles. The maximum absolute atomic E-state index is 12.7. The van der Waals surface area contributed by atoms with Gasteiger partial charge in [0.1, 0.15) is 0 Å². The zero-order chi connectivity index (χ0) is 16.7. The molecule has 0 aliphatic carbocycles. The Morgan fingerprint density at radius 1 is 1.17 bits per heavy atom. The third-order valence-electron chi connectivity index (χ3n) is 5.33. The van der Waals surface area contributed by atoms with Crippen LogP contribution in [0.3, 0.4) is 0 Å². The Morgan fingerprint density at radius 3 is 2.54 bits per heavy atom. The van der Waals surface area contributed by atoms with Crippen LogP contribution in [0, 0.1) is 5.92 Å². The summed E-state index contributed by atoms with van der Waals surface area (Å²) in [5.41, 5.74) is 0. The van der Waals surface area contributed by atoms with E-state index in [1.165, 1.54) is 25.9 Å². The number of nitrogens with zero attached hydrogens (tertiary/aromatic N) is 1. The molecule has 6 heteroatoms. The van der Waals surface area contributed by atoms with Crippen LogP contribution >= 0.6 is 22.7 Å². The van der Waals surface area contributed by atoms with Crippen LogP contribution in [0.5, 0.6) is 5.06 Å². The van der Waals surface area contributed by atoms with Crippen molar-refractivity contribution in [1.82, 2.24) is 10.2 Å². The molecule has 3 fully saturated rings. The van der Waals surface area contributed by atoms with E-state index in [0.717, 1.165) is 19.7 Å². The van der Waals surface area contributed by atoms with Crippen molar-refractivity contribution in [3.63, 3.8) is 0 Å². The molecule has 3 aliphatic rings. The number of carbonyl (C=O) groups is 1. The number of amides is 1. The van der Waals surface area contributed by atoms with Crippen LogP contribution < -0.4 is 10.1 Å². The molecule has 0 saturated carbocycles. The normalized spacial score (nSPS) is 28.8. The maximum Gasteiger partial charge on any atom is 0.261 e. The second kappa shape index (κ2) is 6.50. The highest BCUT2D eigenvalue weighted by molar-refractivity contribution is 7.23. The molecule has 0 unspecified atom stereocenters. The summed E-state index contributed by atoms with van der Waals surface area (Å²) in [4.78, 5) is 18.3. The molecule has 1 N–H and O–H groups in total. The Labute approximate surface area is 150 Å². The average Bonchev–Trinajstić information content (AvgIpc) is 3.27. The molecule has 4 nitrogen and oxygen atoms in total. The van der Waals surface area contributed by atoms with Crippen LogP contribution in [0.15, 0.2) is 24.3 Å². The van der Waals surface area contributed by atoms with Crippen molar-refractivity contribution in [3.05, 3.63) is 29.1 Å². The summed E-state index contributed by atoms with van der Waals surface area (Å²) in [6.07, 6.45) is 2.42. The fraction of sp³-hybridized carbons (Fsp3) is 0.500. The van der Waals surface area contributed by atoms with Gasteiger partial charge in [0.25, 0.3) is 5.91 Å². The van der Waals surface area contributed by atoms with Gasteiger partial charge < -0.3 is 10.1 Å². The van der Waals surface area contributed by atoms with Gasteiger partial charge in [0, 0.05) is 21.8 Å². The highest BCUT2D eigenvalue weighted by Gasteiger charge is 2.40. The smallest absolute Gasteiger partial charge is 0.261 e. The fourth-order valence-electron chi connectivity index (χ4n) is 3.92. The third kappa shape index (κ3) is 2.87. The first-order valence-electron chi connectivity index (χ1n) is 8.44. The molecule has 5 rings (SSSR count). The lowest BCUT2D eigenvalue weighted by atomic mass is 9.79. The van der Waals surface area contributed by atoms with E-state index in [1.54, 1.807) is 29.8 Å². The van der Waals surface area contributed by atoms with Gasteiger partial charge in [0.05, 0.1) is 12.0 Å². The molecule has 24 heavy (non-hydrogen) atoms. The van der Waals surface area contributed by atoms with Crippen molar-refractivity contribution < 1.29 is 9.53 Å². The Bertz CT molecular complexity index is 729. The Hall–Kier alpha value is -1.37. The third-order valence-corrected chi connectivity index (χ3v) is 7.66. The Kier molecular flexibility index (Phi) is 4.37. The molecule has 2 aromatic heterocycles. The number of hydrogen-bond acceptors (Lipinski definition) is 5. The van der Waals surface area contributed by atoms with Crippen LogP contribution in [0.25, 0.3) is 9.75 Å². The van der Waals surface area contributed by atoms with E-state index in [2.05, 4.69) is 17.1 Å². The van der Waals surface area contributed by atoms with Gasteiger partial charge in [0.2, 0.25) is 0 Å². The van der Waals surface area contributed by atoms with E-state index >= 15 is 0 Å². The minimum absolute atomic E-state index is 0.0698. The molecule has 0 radical (unpaired) electrons. The molecule has 2 aromatic rings. The van der Waals surface area contributed by atoms with Crippen LogP contribution in [0.4, 0.5) is 0 Å². The van der Waals surface area contributed by atoms with Crippen LogP contribution in [-0.4, -0.2) is 43.1 Å². The first-order valence-corrected chi connectivity index (χ1v) is 10.1. The number of thiophene rings is 2. The number of methoxy groups -OCH3 is 1. The van der Waals surface area contributed by atoms with E-state index in [-0.39, 0.29) is 11.9 Å². The predicted octanol–water partition coefficient (Wildman–Crippen LogP) is 3.70. The lowest BCUT2D eigenvalue weighted by Crippen LogP contribution is -2.62. The number of carbonyl (C=O) groups excluding carboxylic acids is 1. The average molecular weight is 363 g/mol. The van der Waals surface area contributed by atoms with Crippen molar-refractivity contribution in [1.29, 1.82) is 0 Å². The van der Waals surface area contributed by atoms with Gasteiger partial charge >= 0.3 is 0 Å². The molecule has 128 valence electrons. The van der Waals surface area contributed by atoms with Crippen LogP contribution in [0.1, 0.15) is 29.4 Å². The summed E-state index contributed by atoms with van der Waals surface area (Å²) >= 11 is 3.16. The van der Waals surface area contributed by atoms with E-state index in [0.29, 0.717) is 12.0 Å². The van der Waals surface area contributed by atoms with Gasteiger partial charge in [-0.25, -0.2) is 0 Å². The first-order chi connectivity index (χ1) is 11.7. The molecule has 3 saturated heterocycles. The Balaban J connectivity index is 1.47. The van der Waals surface area contributed by atoms with E-state index in [9.17, 15) is 4.79 Å². The molecule has 0 spiro atoms. The highest BCUT2D eigenvalue weighted by atomic mass is 32.1. The number of nitrogens with one attached hydrogen (secondary N) is 1. The van der Waals surface area contributed by atoms with Gasteiger partial charge in [-0.15, -0.1) is 11.3 Å². The molecule has 2 atom stereocenters. The zero-order valence-corrected chi connectivity index (χ0v) is 15.6. The van der Waals surface area contributed by atoms with Crippen molar-refractivity contribution in [3.8, 4) is 14.8 Å². The van der Waals surface area contributed by atoms with Crippen molar-refractivity contribution in [2.75, 3.05) is 20.2 Å². The van der Waals surface area contributed by atoms with Gasteiger partial charge in [-0.05, 0) is 63.0 Å². The largest absolute Gasteiger partial charge is 0.487 e. The number of ether oxygens (including phenoxy) is 1. The molecule has 3 aliphatic heterocycles. The van der Waals surface area contributed by atoms with Gasteiger partial charge in [-0.1, -0.05) is 11.3 Å². The molecule has 2 bridgehead atoms. The number of fused-ring (bicyclic) bond motifs is 3. The van der Waals surface area contributed by atoms with Crippen LogP contribution in [0.2, 0.25) is 0 Å². The first kappa shape index (κ1) is 16.1. The summed E-state index contributed by atoms with van der Waals surface area (Å²) < 4.78 is 5.25. The monoisotopic (exact) mass is 362 g/mol. The second-order valence-electron chi connectivity index (χ2n) is 6.60. The number of hydrogen-bond donors (Lipinski definition) is 1. The van der Waals surface area contributed by atoms with Crippen molar-refractivity contribution >= 4 is 28.6 Å². The molecule has 5 heterocycles. The zero-order valence-electron chi connectivity index (χ0n) is 14.0. The second-order valence-corrected chi connectivity index (χ2v) is 8.73. The topological polar surface area (TPSA) is 41.6 Å². The SMILES string of the molecule is COc1ccc(-c2ccc(C(=O)N[C@@H]3C4CCN(CC4)[C@@H]3C)s2)s1. The molecular weight excluding hydrogens is 340 g/mol. The van der Waals surface area contributed by atoms with E-state index < -0.39 is 0 Å². The number of piperidine rings is 3. The standard InChI is InChI=1S/C18H22N2O2S2/c1-11-17(12-7-9-20(11)10-8-12)19-18(21)15-4-3-13(23-15)14-5-6-16(22-2)24-14/h3-6,11-12,17H,7-10H2,1-2H3,(H,19,21)/t11-,17+/m1/s1. The fourth-order valence-corrected chi connectivity index (χ4v) is 5.74. The lowest BCUT2D eigenvalue weighted by Gasteiger charge is -2.49. The maximum atomic E-state index is 12.7. The summed E-state index contributed by atoms with van der Waals surface area (Å²) in [7, 11) is 1.68. The molecular formula is C18H22N2O2S2. The lowest BCUT2D eigenvalue weighted by molar-refractivity contribution is 0.0218. The minimum Gasteiger partial charge on any atom is -0.487 e. The predicted molar refractivity (Wildman–Crippen MR) is 99.2 cm³/mol. The van der Waals surface area contributed by atoms with E-state index in [1.807, 2.05) is 24.3 Å². The summed E-state index contributed by atoms with van der Waals surface area (Å²) in [6.45, 7) is 4.61. The number of rotatable bonds is 4. The summed E-state index contributed by atoms with van der Waals surface area (Å²) in [6, 6.07) is 8.72. The highest BCUT2D eigenvalue weighted by Crippen LogP contribution is 2.37. The quantitative estimate of drug-likeness (QED) is 0.902. The van der Waals surface area contributed by atoms with Crippen LogP contribution in [-0.2, 0) is 0 Å². The van der Waals surface area contributed by atoms with E-state index in [4.69, 9.17) is 4.74 Å². The van der Waals surface area contributed by atoms with Crippen molar-refractivity contribution in [2.24, 2.45) is 5.92 Å². The minimum atomic E-state index is 0.0698.